The van der Waals surface area contributed by atoms with E-state index in [2.05, 4.69) is 0 Å². The summed E-state index contributed by atoms with van der Waals surface area (Å²) in [6.07, 6.45) is 3.18. The number of carbonyl (C=O) groups is 1. The topological polar surface area (TPSA) is 42.7 Å². The molecule has 0 N–H and O–H groups in total. The minimum absolute atomic E-state index is 0.124. The smallest absolute Gasteiger partial charge is 0.290 e. The maximum atomic E-state index is 13.9. The van der Waals surface area contributed by atoms with E-state index >= 15 is 0 Å². The van der Waals surface area contributed by atoms with Crippen LogP contribution >= 0.6 is 0 Å². The Kier molecular flexibility index (Phi) is 3.18. The molecule has 22 heavy (non-hydrogen) atoms. The van der Waals surface area contributed by atoms with Crippen LogP contribution in [0.3, 0.4) is 0 Å². The fraction of sp³-hybridized carbons (Fsp3) is 0.471. The average molecular weight is 303 g/mol. The molecule has 1 saturated heterocycles. The summed E-state index contributed by atoms with van der Waals surface area (Å²) in [5, 5.41) is 0.666. The molecule has 2 atom stereocenters. The normalized spacial score (nSPS) is 24.7. The van der Waals surface area contributed by atoms with Crippen LogP contribution in [-0.2, 0) is 4.74 Å². The van der Waals surface area contributed by atoms with Crippen LogP contribution in [0.25, 0.3) is 11.0 Å². The molecule has 5 heteroatoms. The van der Waals surface area contributed by atoms with Crippen LogP contribution in [0.15, 0.2) is 22.6 Å². The SMILES string of the molecule is Cc1c(C(=O)N2CCO[C@@H]3CCC[C@H]32)oc2c(F)cccc12. The first-order valence-electron chi connectivity index (χ1n) is 7.77. The van der Waals surface area contributed by atoms with Gasteiger partial charge in [0.15, 0.2) is 17.2 Å². The summed E-state index contributed by atoms with van der Waals surface area (Å²) in [6.45, 7) is 2.94. The number of rotatable bonds is 1. The third-order valence-corrected chi connectivity index (χ3v) is 4.85. The molecule has 4 nitrogen and oxygen atoms in total. The first-order valence-corrected chi connectivity index (χ1v) is 7.77. The Balaban J connectivity index is 1.73. The molecule has 116 valence electrons. The predicted molar refractivity (Wildman–Crippen MR) is 79.3 cm³/mol. The van der Waals surface area contributed by atoms with Crippen LogP contribution in [0.4, 0.5) is 4.39 Å². The number of morpholine rings is 1. The number of nitrogens with zero attached hydrogens (tertiary/aromatic N) is 1. The van der Waals surface area contributed by atoms with Gasteiger partial charge in [-0.2, -0.15) is 0 Å². The number of fused-ring (bicyclic) bond motifs is 2. The maximum Gasteiger partial charge on any atom is 0.290 e. The molecular weight excluding hydrogens is 285 g/mol. The van der Waals surface area contributed by atoms with Crippen molar-refractivity contribution in [3.63, 3.8) is 0 Å². The first-order chi connectivity index (χ1) is 10.7. The molecule has 0 radical (unpaired) electrons. The number of carbonyl (C=O) groups excluding carboxylic acids is 1. The number of amides is 1. The number of para-hydroxylation sites is 1. The van der Waals surface area contributed by atoms with E-state index in [0.29, 0.717) is 24.1 Å². The van der Waals surface area contributed by atoms with Gasteiger partial charge in [-0.05, 0) is 32.3 Å². The molecule has 2 fully saturated rings. The van der Waals surface area contributed by atoms with Gasteiger partial charge in [-0.3, -0.25) is 4.79 Å². The quantitative estimate of drug-likeness (QED) is 0.812. The van der Waals surface area contributed by atoms with Crippen molar-refractivity contribution in [3.05, 3.63) is 35.3 Å². The van der Waals surface area contributed by atoms with E-state index in [0.717, 1.165) is 19.3 Å². The fourth-order valence-corrected chi connectivity index (χ4v) is 3.72. The fourth-order valence-electron chi connectivity index (χ4n) is 3.72. The second kappa shape index (κ2) is 5.09. The summed E-state index contributed by atoms with van der Waals surface area (Å²) >= 11 is 0. The van der Waals surface area contributed by atoms with E-state index in [-0.39, 0.29) is 29.4 Å². The molecular formula is C17H18FNO3. The Bertz CT molecular complexity index is 739. The highest BCUT2D eigenvalue weighted by molar-refractivity contribution is 5.99. The van der Waals surface area contributed by atoms with Crippen LogP contribution < -0.4 is 0 Å². The van der Waals surface area contributed by atoms with Gasteiger partial charge in [-0.15, -0.1) is 0 Å². The van der Waals surface area contributed by atoms with Crippen molar-refractivity contribution in [2.24, 2.45) is 0 Å². The van der Waals surface area contributed by atoms with Crippen LogP contribution in [-0.4, -0.2) is 36.1 Å². The number of hydrogen-bond acceptors (Lipinski definition) is 3. The Morgan fingerprint density at radius 1 is 1.36 bits per heavy atom. The molecule has 4 rings (SSSR count). The van der Waals surface area contributed by atoms with E-state index in [1.807, 2.05) is 11.8 Å². The van der Waals surface area contributed by atoms with Gasteiger partial charge in [-0.25, -0.2) is 4.39 Å². The summed E-state index contributed by atoms with van der Waals surface area (Å²) in [6, 6.07) is 4.89. The molecule has 1 amide bonds. The van der Waals surface area contributed by atoms with E-state index in [1.165, 1.54) is 6.07 Å². The van der Waals surface area contributed by atoms with Gasteiger partial charge in [0.25, 0.3) is 5.91 Å². The largest absolute Gasteiger partial charge is 0.448 e. The van der Waals surface area contributed by atoms with E-state index in [1.54, 1.807) is 12.1 Å². The molecule has 1 aromatic carbocycles. The zero-order valence-electron chi connectivity index (χ0n) is 12.5. The van der Waals surface area contributed by atoms with Crippen molar-refractivity contribution >= 4 is 16.9 Å². The molecule has 1 saturated carbocycles. The lowest BCUT2D eigenvalue weighted by Gasteiger charge is -2.37. The van der Waals surface area contributed by atoms with Crippen molar-refractivity contribution in [1.82, 2.24) is 4.90 Å². The minimum Gasteiger partial charge on any atom is -0.448 e. The van der Waals surface area contributed by atoms with Crippen molar-refractivity contribution < 1.29 is 18.3 Å². The molecule has 0 spiro atoms. The summed E-state index contributed by atoms with van der Waals surface area (Å²) in [5.74, 6) is -0.318. The molecule has 0 bridgehead atoms. The predicted octanol–water partition coefficient (Wildman–Crippen LogP) is 3.27. The summed E-state index contributed by atoms with van der Waals surface area (Å²) < 4.78 is 25.2. The number of benzene rings is 1. The molecule has 1 aliphatic heterocycles. The molecule has 0 unspecified atom stereocenters. The molecule has 1 aromatic heterocycles. The van der Waals surface area contributed by atoms with Crippen molar-refractivity contribution in [2.75, 3.05) is 13.2 Å². The summed E-state index contributed by atoms with van der Waals surface area (Å²) in [5.41, 5.74) is 0.875. The molecule has 2 aromatic rings. The molecule has 1 aliphatic carbocycles. The number of hydrogen-bond donors (Lipinski definition) is 0. The number of aryl methyl sites for hydroxylation is 1. The van der Waals surface area contributed by atoms with Crippen molar-refractivity contribution in [1.29, 1.82) is 0 Å². The average Bonchev–Trinajstić information content (AvgIpc) is 3.12. The lowest BCUT2D eigenvalue weighted by atomic mass is 10.1. The van der Waals surface area contributed by atoms with Crippen LogP contribution in [0.2, 0.25) is 0 Å². The van der Waals surface area contributed by atoms with Gasteiger partial charge in [0, 0.05) is 17.5 Å². The van der Waals surface area contributed by atoms with Gasteiger partial charge in [-0.1, -0.05) is 12.1 Å². The second-order valence-corrected chi connectivity index (χ2v) is 6.08. The standard InChI is InChI=1S/C17H18FNO3/c1-10-11-4-2-5-12(18)16(11)22-15(10)17(20)19-8-9-21-14-7-3-6-13(14)19/h2,4-5,13-14H,3,6-9H2,1H3/t13-,14-/m1/s1. The highest BCUT2D eigenvalue weighted by Crippen LogP contribution is 2.33. The maximum absolute atomic E-state index is 13.9. The zero-order valence-corrected chi connectivity index (χ0v) is 12.5. The first kappa shape index (κ1) is 13.8. The lowest BCUT2D eigenvalue weighted by molar-refractivity contribution is -0.0454. The third kappa shape index (κ3) is 1.96. The number of ether oxygens (including phenoxy) is 1. The van der Waals surface area contributed by atoms with Gasteiger partial charge in [0.05, 0.1) is 18.8 Å². The second-order valence-electron chi connectivity index (χ2n) is 6.08. The molecule has 2 heterocycles. The van der Waals surface area contributed by atoms with Crippen LogP contribution in [0.1, 0.15) is 35.4 Å². The van der Waals surface area contributed by atoms with Crippen molar-refractivity contribution in [2.45, 2.75) is 38.3 Å². The Morgan fingerprint density at radius 2 is 2.23 bits per heavy atom. The van der Waals surface area contributed by atoms with Gasteiger partial charge >= 0.3 is 0 Å². The highest BCUT2D eigenvalue weighted by atomic mass is 19.1. The van der Waals surface area contributed by atoms with Crippen LogP contribution in [0.5, 0.6) is 0 Å². The number of halogens is 1. The highest BCUT2D eigenvalue weighted by Gasteiger charge is 2.40. The monoisotopic (exact) mass is 303 g/mol. The van der Waals surface area contributed by atoms with Crippen LogP contribution in [0, 0.1) is 12.7 Å². The van der Waals surface area contributed by atoms with E-state index in [9.17, 15) is 9.18 Å². The number of furan rings is 1. The zero-order chi connectivity index (χ0) is 15.3. The summed E-state index contributed by atoms with van der Waals surface area (Å²) in [4.78, 5) is 14.7. The lowest BCUT2D eigenvalue weighted by Crippen LogP contribution is -2.51. The van der Waals surface area contributed by atoms with Crippen molar-refractivity contribution in [3.8, 4) is 0 Å². The van der Waals surface area contributed by atoms with Gasteiger partial charge < -0.3 is 14.1 Å². The van der Waals surface area contributed by atoms with E-state index < -0.39 is 5.82 Å². The minimum atomic E-state index is -0.430. The van der Waals surface area contributed by atoms with Gasteiger partial charge in [0.2, 0.25) is 0 Å². The Hall–Kier alpha value is -1.88. The Morgan fingerprint density at radius 3 is 3.05 bits per heavy atom. The third-order valence-electron chi connectivity index (χ3n) is 4.85. The summed E-state index contributed by atoms with van der Waals surface area (Å²) in [7, 11) is 0. The molecule has 2 aliphatic rings. The van der Waals surface area contributed by atoms with Gasteiger partial charge in [0.1, 0.15) is 0 Å². The Labute approximate surface area is 127 Å². The van der Waals surface area contributed by atoms with E-state index in [4.69, 9.17) is 9.15 Å².